The molecule has 0 amide bonds. The van der Waals surface area contributed by atoms with Gasteiger partial charge < -0.3 is 10.1 Å². The maximum Gasteiger partial charge on any atom is 0.127 e. The van der Waals surface area contributed by atoms with Crippen LogP contribution in [-0.2, 0) is 6.42 Å². The third kappa shape index (κ3) is 1.27. The second-order valence-electron chi connectivity index (χ2n) is 4.14. The van der Waals surface area contributed by atoms with Crippen LogP contribution in [0.1, 0.15) is 12.0 Å². The molecule has 1 atom stereocenters. The first kappa shape index (κ1) is 8.74. The highest BCUT2D eigenvalue weighted by atomic mass is 79.9. The van der Waals surface area contributed by atoms with Crippen molar-refractivity contribution in [2.24, 2.45) is 0 Å². The highest BCUT2D eigenvalue weighted by Gasteiger charge is 2.41. The third-order valence-electron chi connectivity index (χ3n) is 3.07. The van der Waals surface area contributed by atoms with Gasteiger partial charge in [0.25, 0.3) is 0 Å². The molecule has 2 heterocycles. The molecule has 0 radical (unpaired) electrons. The van der Waals surface area contributed by atoms with Gasteiger partial charge in [-0.1, -0.05) is 22.0 Å². The lowest BCUT2D eigenvalue weighted by molar-refractivity contribution is 0.117. The van der Waals surface area contributed by atoms with E-state index in [0.717, 1.165) is 36.2 Å². The predicted octanol–water partition coefficient (Wildman–Crippen LogP) is 2.12. The van der Waals surface area contributed by atoms with Crippen molar-refractivity contribution in [2.75, 3.05) is 13.1 Å². The van der Waals surface area contributed by atoms with Gasteiger partial charge in [-0.3, -0.25) is 0 Å². The van der Waals surface area contributed by atoms with Gasteiger partial charge >= 0.3 is 0 Å². The number of hydrogen-bond donors (Lipinski definition) is 1. The minimum atomic E-state index is 0.0587. The number of rotatable bonds is 0. The first-order chi connectivity index (χ1) is 6.77. The number of ether oxygens (including phenoxy) is 1. The minimum Gasteiger partial charge on any atom is -0.485 e. The molecule has 1 fully saturated rings. The Kier molecular flexibility index (Phi) is 1.86. The van der Waals surface area contributed by atoms with Crippen LogP contribution in [0.4, 0.5) is 0 Å². The lowest BCUT2D eigenvalue weighted by atomic mass is 9.96. The fourth-order valence-electron chi connectivity index (χ4n) is 2.34. The minimum absolute atomic E-state index is 0.0587. The Morgan fingerprint density at radius 1 is 1.43 bits per heavy atom. The summed E-state index contributed by atoms with van der Waals surface area (Å²) in [5.41, 5.74) is 1.40. The van der Waals surface area contributed by atoms with Crippen molar-refractivity contribution in [1.29, 1.82) is 0 Å². The standard InChI is InChI=1S/C11H12BrNO/c12-9-2-1-8-6-11(3-4-13-7-11)14-10(8)5-9/h1-2,5,13H,3-4,6-7H2. The second kappa shape index (κ2) is 2.97. The summed E-state index contributed by atoms with van der Waals surface area (Å²) in [6, 6.07) is 6.32. The summed E-state index contributed by atoms with van der Waals surface area (Å²) in [6.07, 6.45) is 2.18. The van der Waals surface area contributed by atoms with E-state index in [9.17, 15) is 0 Å². The SMILES string of the molecule is Brc1ccc2c(c1)OC1(CCNC1)C2. The van der Waals surface area contributed by atoms with E-state index in [2.05, 4.69) is 39.4 Å². The van der Waals surface area contributed by atoms with Crippen LogP contribution in [0.3, 0.4) is 0 Å². The van der Waals surface area contributed by atoms with E-state index >= 15 is 0 Å². The molecule has 0 saturated carbocycles. The van der Waals surface area contributed by atoms with E-state index in [1.165, 1.54) is 5.56 Å². The molecule has 0 bridgehead atoms. The number of halogens is 1. The van der Waals surface area contributed by atoms with E-state index in [0.29, 0.717) is 0 Å². The van der Waals surface area contributed by atoms with Crippen LogP contribution in [-0.4, -0.2) is 18.7 Å². The molecule has 2 aliphatic rings. The van der Waals surface area contributed by atoms with Crippen molar-refractivity contribution < 1.29 is 4.74 Å². The number of hydrogen-bond acceptors (Lipinski definition) is 2. The maximum atomic E-state index is 6.04. The largest absolute Gasteiger partial charge is 0.485 e. The van der Waals surface area contributed by atoms with Crippen LogP contribution in [0, 0.1) is 0 Å². The third-order valence-corrected chi connectivity index (χ3v) is 3.57. The molecular formula is C11H12BrNO. The van der Waals surface area contributed by atoms with Gasteiger partial charge in [-0.25, -0.2) is 0 Å². The molecule has 1 saturated heterocycles. The monoisotopic (exact) mass is 253 g/mol. The van der Waals surface area contributed by atoms with Crippen molar-refractivity contribution in [3.05, 3.63) is 28.2 Å². The van der Waals surface area contributed by atoms with Gasteiger partial charge in [0.15, 0.2) is 0 Å². The summed E-state index contributed by atoms with van der Waals surface area (Å²) in [7, 11) is 0. The molecule has 1 aromatic carbocycles. The Morgan fingerprint density at radius 2 is 2.36 bits per heavy atom. The van der Waals surface area contributed by atoms with Crippen molar-refractivity contribution in [1.82, 2.24) is 5.32 Å². The number of fused-ring (bicyclic) bond motifs is 1. The zero-order valence-electron chi connectivity index (χ0n) is 7.85. The van der Waals surface area contributed by atoms with E-state index < -0.39 is 0 Å². The lowest BCUT2D eigenvalue weighted by Crippen LogP contribution is -2.36. The van der Waals surface area contributed by atoms with Crippen LogP contribution in [0.25, 0.3) is 0 Å². The van der Waals surface area contributed by atoms with Crippen molar-refractivity contribution >= 4 is 15.9 Å². The summed E-state index contributed by atoms with van der Waals surface area (Å²) in [5, 5.41) is 3.37. The first-order valence-electron chi connectivity index (χ1n) is 4.96. The second-order valence-corrected chi connectivity index (χ2v) is 5.06. The van der Waals surface area contributed by atoms with Gasteiger partial charge in [-0.2, -0.15) is 0 Å². The van der Waals surface area contributed by atoms with Gasteiger partial charge in [0.2, 0.25) is 0 Å². The molecule has 0 aromatic heterocycles. The zero-order chi connectivity index (χ0) is 9.60. The van der Waals surface area contributed by atoms with Crippen LogP contribution in [0.2, 0.25) is 0 Å². The highest BCUT2D eigenvalue weighted by molar-refractivity contribution is 9.10. The molecule has 1 aromatic rings. The van der Waals surface area contributed by atoms with Crippen LogP contribution in [0.15, 0.2) is 22.7 Å². The Labute approximate surface area is 91.8 Å². The quantitative estimate of drug-likeness (QED) is 0.765. The maximum absolute atomic E-state index is 6.04. The molecule has 1 spiro atoms. The molecule has 74 valence electrons. The molecule has 1 unspecified atom stereocenters. The molecule has 14 heavy (non-hydrogen) atoms. The predicted molar refractivity (Wildman–Crippen MR) is 58.7 cm³/mol. The average Bonchev–Trinajstić information content (AvgIpc) is 2.72. The number of nitrogens with one attached hydrogen (secondary N) is 1. The molecule has 2 aliphatic heterocycles. The van der Waals surface area contributed by atoms with Crippen LogP contribution >= 0.6 is 15.9 Å². The van der Waals surface area contributed by atoms with Crippen LogP contribution in [0.5, 0.6) is 5.75 Å². The molecule has 1 N–H and O–H groups in total. The van der Waals surface area contributed by atoms with Crippen molar-refractivity contribution in [3.8, 4) is 5.75 Å². The van der Waals surface area contributed by atoms with Crippen LogP contribution < -0.4 is 10.1 Å². The first-order valence-corrected chi connectivity index (χ1v) is 5.75. The summed E-state index contributed by atoms with van der Waals surface area (Å²) in [6.45, 7) is 2.06. The molecule has 3 heteroatoms. The summed E-state index contributed by atoms with van der Waals surface area (Å²) < 4.78 is 7.14. The van der Waals surface area contributed by atoms with E-state index in [1.807, 2.05) is 0 Å². The molecular weight excluding hydrogens is 242 g/mol. The summed E-state index contributed by atoms with van der Waals surface area (Å²) in [4.78, 5) is 0. The van der Waals surface area contributed by atoms with Gasteiger partial charge in [0, 0.05) is 23.9 Å². The number of benzene rings is 1. The van der Waals surface area contributed by atoms with Crippen molar-refractivity contribution in [3.63, 3.8) is 0 Å². The fraction of sp³-hybridized carbons (Fsp3) is 0.455. The van der Waals surface area contributed by atoms with Gasteiger partial charge in [0.05, 0.1) is 0 Å². The van der Waals surface area contributed by atoms with Gasteiger partial charge in [0.1, 0.15) is 11.4 Å². The Hall–Kier alpha value is -0.540. The molecule has 3 rings (SSSR count). The van der Waals surface area contributed by atoms with Gasteiger partial charge in [-0.05, 0) is 24.2 Å². The molecule has 0 aliphatic carbocycles. The Bertz CT molecular complexity index is 372. The van der Waals surface area contributed by atoms with E-state index in [1.54, 1.807) is 0 Å². The van der Waals surface area contributed by atoms with E-state index in [-0.39, 0.29) is 5.60 Å². The zero-order valence-corrected chi connectivity index (χ0v) is 9.43. The van der Waals surface area contributed by atoms with E-state index in [4.69, 9.17) is 4.74 Å². The summed E-state index contributed by atoms with van der Waals surface area (Å²) >= 11 is 3.47. The Morgan fingerprint density at radius 3 is 3.14 bits per heavy atom. The van der Waals surface area contributed by atoms with Gasteiger partial charge in [-0.15, -0.1) is 0 Å². The summed E-state index contributed by atoms with van der Waals surface area (Å²) in [5.74, 6) is 1.06. The fourth-order valence-corrected chi connectivity index (χ4v) is 2.68. The average molecular weight is 254 g/mol. The Balaban J connectivity index is 1.96. The topological polar surface area (TPSA) is 21.3 Å². The van der Waals surface area contributed by atoms with Crippen molar-refractivity contribution in [2.45, 2.75) is 18.4 Å². The normalized spacial score (nSPS) is 29.2. The smallest absolute Gasteiger partial charge is 0.127 e. The lowest BCUT2D eigenvalue weighted by Gasteiger charge is -2.21. The molecule has 2 nitrogen and oxygen atoms in total. The highest BCUT2D eigenvalue weighted by Crippen LogP contribution is 2.39.